The first-order chi connectivity index (χ1) is 7.08. The van der Waals surface area contributed by atoms with Crippen LogP contribution < -0.4 is 0 Å². The molecule has 0 radical (unpaired) electrons. The minimum absolute atomic E-state index is 0.227. The summed E-state index contributed by atoms with van der Waals surface area (Å²) in [5, 5.41) is 0. The first-order valence-electron chi connectivity index (χ1n) is 4.94. The van der Waals surface area contributed by atoms with Gasteiger partial charge in [-0.25, -0.2) is 8.51 Å². The molecule has 1 fully saturated rings. The topological polar surface area (TPSA) is 20.3 Å². The number of nitrogens with zero attached hydrogens (tertiary/aromatic N) is 1. The standard InChI is InChI=1S/C11H15NOS2/c1-11(2)8-12(9-14-11)15(13)10-6-4-3-5-7-10/h3-7H,8-9H2,1-2H3. The summed E-state index contributed by atoms with van der Waals surface area (Å²) in [6.07, 6.45) is 0. The molecule has 1 atom stereocenters. The van der Waals surface area contributed by atoms with Gasteiger partial charge in [0.05, 0.1) is 10.8 Å². The predicted molar refractivity (Wildman–Crippen MR) is 66.1 cm³/mol. The van der Waals surface area contributed by atoms with Crippen molar-refractivity contribution in [2.75, 3.05) is 12.4 Å². The molecular weight excluding hydrogens is 226 g/mol. The molecule has 0 amide bonds. The van der Waals surface area contributed by atoms with Gasteiger partial charge in [0.25, 0.3) is 0 Å². The van der Waals surface area contributed by atoms with Crippen LogP contribution in [0.4, 0.5) is 0 Å². The van der Waals surface area contributed by atoms with Gasteiger partial charge < -0.3 is 0 Å². The highest BCUT2D eigenvalue weighted by Gasteiger charge is 2.33. The van der Waals surface area contributed by atoms with Crippen molar-refractivity contribution in [3.63, 3.8) is 0 Å². The van der Waals surface area contributed by atoms with E-state index in [1.807, 2.05) is 46.4 Å². The van der Waals surface area contributed by atoms with E-state index in [2.05, 4.69) is 13.8 Å². The van der Waals surface area contributed by atoms with Crippen molar-refractivity contribution in [3.8, 4) is 0 Å². The van der Waals surface area contributed by atoms with E-state index >= 15 is 0 Å². The Morgan fingerprint density at radius 1 is 1.33 bits per heavy atom. The highest BCUT2D eigenvalue weighted by molar-refractivity contribution is 8.01. The Hall–Kier alpha value is -0.320. The molecule has 1 aromatic rings. The van der Waals surface area contributed by atoms with Crippen LogP contribution in [0.25, 0.3) is 0 Å². The van der Waals surface area contributed by atoms with E-state index in [0.29, 0.717) is 0 Å². The quantitative estimate of drug-likeness (QED) is 0.793. The number of benzene rings is 1. The van der Waals surface area contributed by atoms with E-state index in [9.17, 15) is 4.21 Å². The number of thioether (sulfide) groups is 1. The summed E-state index contributed by atoms with van der Waals surface area (Å²) in [6, 6.07) is 9.66. The van der Waals surface area contributed by atoms with Gasteiger partial charge in [0.2, 0.25) is 0 Å². The van der Waals surface area contributed by atoms with Gasteiger partial charge in [0.1, 0.15) is 11.0 Å². The number of hydrogen-bond donors (Lipinski definition) is 0. The van der Waals surface area contributed by atoms with Gasteiger partial charge in [-0.1, -0.05) is 18.2 Å². The molecule has 2 nitrogen and oxygen atoms in total. The Morgan fingerprint density at radius 3 is 2.53 bits per heavy atom. The first kappa shape index (κ1) is 11.2. The highest BCUT2D eigenvalue weighted by Crippen LogP contribution is 2.34. The monoisotopic (exact) mass is 241 g/mol. The lowest BCUT2D eigenvalue weighted by Crippen LogP contribution is -2.28. The third kappa shape index (κ3) is 2.62. The first-order valence-corrected chi connectivity index (χ1v) is 7.04. The lowest BCUT2D eigenvalue weighted by Gasteiger charge is -2.17. The SMILES string of the molecule is CC1(C)CN(S(=O)c2ccccc2)CS1. The average Bonchev–Trinajstić information content (AvgIpc) is 2.59. The van der Waals surface area contributed by atoms with Crippen LogP contribution in [0.15, 0.2) is 35.2 Å². The zero-order chi connectivity index (χ0) is 10.9. The summed E-state index contributed by atoms with van der Waals surface area (Å²) in [6.45, 7) is 5.28. The predicted octanol–water partition coefficient (Wildman–Crippen LogP) is 2.49. The Bertz CT molecular complexity index is 364. The van der Waals surface area contributed by atoms with Crippen molar-refractivity contribution in [1.82, 2.24) is 4.31 Å². The molecule has 1 aliphatic rings. The molecule has 1 aliphatic heterocycles. The second kappa shape index (κ2) is 4.28. The zero-order valence-corrected chi connectivity index (χ0v) is 10.6. The maximum Gasteiger partial charge on any atom is 0.128 e. The van der Waals surface area contributed by atoms with Gasteiger partial charge in [0.15, 0.2) is 0 Å². The molecular formula is C11H15NOS2. The smallest absolute Gasteiger partial charge is 0.128 e. The third-order valence-corrected chi connectivity index (χ3v) is 5.25. The van der Waals surface area contributed by atoms with Crippen LogP contribution in [-0.2, 0) is 11.0 Å². The fourth-order valence-electron chi connectivity index (χ4n) is 1.56. The second-order valence-electron chi connectivity index (χ2n) is 4.24. The van der Waals surface area contributed by atoms with Crippen molar-refractivity contribution >= 4 is 22.7 Å². The third-order valence-electron chi connectivity index (χ3n) is 2.34. The molecule has 4 heteroatoms. The molecule has 82 valence electrons. The largest absolute Gasteiger partial charge is 0.237 e. The molecule has 0 spiro atoms. The molecule has 1 saturated heterocycles. The minimum atomic E-state index is -0.993. The number of rotatable bonds is 2. The second-order valence-corrected chi connectivity index (χ2v) is 7.37. The van der Waals surface area contributed by atoms with Crippen molar-refractivity contribution in [2.24, 2.45) is 0 Å². The van der Waals surface area contributed by atoms with E-state index in [0.717, 1.165) is 17.3 Å². The lowest BCUT2D eigenvalue weighted by atomic mass is 10.2. The fraction of sp³-hybridized carbons (Fsp3) is 0.455. The lowest BCUT2D eigenvalue weighted by molar-refractivity contribution is 0.491. The van der Waals surface area contributed by atoms with E-state index in [1.54, 1.807) is 0 Å². The Balaban J connectivity index is 2.11. The van der Waals surface area contributed by atoms with Crippen molar-refractivity contribution < 1.29 is 4.21 Å². The average molecular weight is 241 g/mol. The molecule has 1 aromatic carbocycles. The molecule has 0 aliphatic carbocycles. The highest BCUT2D eigenvalue weighted by atomic mass is 32.2. The van der Waals surface area contributed by atoms with Gasteiger partial charge in [0, 0.05) is 11.3 Å². The molecule has 15 heavy (non-hydrogen) atoms. The Morgan fingerprint density at radius 2 is 2.00 bits per heavy atom. The maximum absolute atomic E-state index is 12.2. The molecule has 0 bridgehead atoms. The molecule has 1 heterocycles. The Kier molecular flexibility index (Phi) is 3.19. The van der Waals surface area contributed by atoms with Crippen LogP contribution in [0, 0.1) is 0 Å². The zero-order valence-electron chi connectivity index (χ0n) is 8.97. The minimum Gasteiger partial charge on any atom is -0.237 e. The van der Waals surface area contributed by atoms with Gasteiger partial charge in [-0.05, 0) is 26.0 Å². The van der Waals surface area contributed by atoms with Crippen molar-refractivity contribution in [2.45, 2.75) is 23.5 Å². The van der Waals surface area contributed by atoms with E-state index < -0.39 is 11.0 Å². The van der Waals surface area contributed by atoms with Crippen LogP contribution >= 0.6 is 11.8 Å². The van der Waals surface area contributed by atoms with Crippen molar-refractivity contribution in [1.29, 1.82) is 0 Å². The van der Waals surface area contributed by atoms with E-state index in [1.165, 1.54) is 0 Å². The molecule has 0 aromatic heterocycles. The summed E-state index contributed by atoms with van der Waals surface area (Å²) in [7, 11) is -0.993. The van der Waals surface area contributed by atoms with Crippen molar-refractivity contribution in [3.05, 3.63) is 30.3 Å². The maximum atomic E-state index is 12.2. The van der Waals surface area contributed by atoms with Gasteiger partial charge in [-0.2, -0.15) is 0 Å². The normalized spacial score (nSPS) is 22.8. The van der Waals surface area contributed by atoms with E-state index in [4.69, 9.17) is 0 Å². The van der Waals surface area contributed by atoms with Crippen LogP contribution in [-0.4, -0.2) is 25.7 Å². The van der Waals surface area contributed by atoms with Gasteiger partial charge in [-0.15, -0.1) is 11.8 Å². The summed E-state index contributed by atoms with van der Waals surface area (Å²) < 4.78 is 14.4. The van der Waals surface area contributed by atoms with Crippen LogP contribution in [0.5, 0.6) is 0 Å². The van der Waals surface area contributed by atoms with Gasteiger partial charge >= 0.3 is 0 Å². The fourth-order valence-corrected chi connectivity index (χ4v) is 4.14. The summed E-state index contributed by atoms with van der Waals surface area (Å²) in [5.74, 6) is 0.856. The van der Waals surface area contributed by atoms with Crippen LogP contribution in [0.1, 0.15) is 13.8 Å². The Labute approximate surface area is 97.6 Å². The molecule has 0 saturated carbocycles. The van der Waals surface area contributed by atoms with Crippen LogP contribution in [0.3, 0.4) is 0 Å². The molecule has 1 unspecified atom stereocenters. The molecule has 0 N–H and O–H groups in total. The van der Waals surface area contributed by atoms with Gasteiger partial charge in [-0.3, -0.25) is 0 Å². The summed E-state index contributed by atoms with van der Waals surface area (Å²) >= 11 is 1.86. The summed E-state index contributed by atoms with van der Waals surface area (Å²) in [4.78, 5) is 0.899. The number of hydrogen-bond acceptors (Lipinski definition) is 2. The van der Waals surface area contributed by atoms with Crippen LogP contribution in [0.2, 0.25) is 0 Å². The molecule has 2 rings (SSSR count). The summed E-state index contributed by atoms with van der Waals surface area (Å²) in [5.41, 5.74) is 0. The van der Waals surface area contributed by atoms with E-state index in [-0.39, 0.29) is 4.75 Å².